The van der Waals surface area contributed by atoms with E-state index in [1.807, 2.05) is 30.3 Å². The third-order valence-electron chi connectivity index (χ3n) is 4.13. The molecule has 166 valence electrons. The van der Waals surface area contributed by atoms with Crippen molar-refractivity contribution in [2.45, 2.75) is 38.8 Å². The Morgan fingerprint density at radius 3 is 2.32 bits per heavy atom. The minimum absolute atomic E-state index is 0.0395. The number of anilines is 1. The highest BCUT2D eigenvalue weighted by atomic mass is 16.6. The van der Waals surface area contributed by atoms with Gasteiger partial charge >= 0.3 is 6.09 Å². The summed E-state index contributed by atoms with van der Waals surface area (Å²) < 4.78 is 5.27. The number of nitrogens with one attached hydrogen (secondary N) is 3. The first-order chi connectivity index (χ1) is 14.7. The van der Waals surface area contributed by atoms with Gasteiger partial charge in [0, 0.05) is 25.6 Å². The number of carbonyl (C=O) groups excluding carboxylic acids is 2. The van der Waals surface area contributed by atoms with Crippen LogP contribution in [0.3, 0.4) is 0 Å². The van der Waals surface area contributed by atoms with Crippen molar-refractivity contribution in [2.24, 2.45) is 0 Å². The maximum atomic E-state index is 12.7. The fourth-order valence-electron chi connectivity index (χ4n) is 2.80. The SMILES string of the molecule is CC(C)(C)OC(=O)NC(Cc1ccccc1)C(=O)NCCNc1ccccc1[N+](=O)[O-]. The highest BCUT2D eigenvalue weighted by Gasteiger charge is 2.24. The van der Waals surface area contributed by atoms with Gasteiger partial charge < -0.3 is 20.7 Å². The van der Waals surface area contributed by atoms with Gasteiger partial charge in [0.1, 0.15) is 17.3 Å². The van der Waals surface area contributed by atoms with Gasteiger partial charge in [-0.3, -0.25) is 14.9 Å². The number of alkyl carbamates (subject to hydrolysis) is 1. The fourth-order valence-corrected chi connectivity index (χ4v) is 2.80. The average Bonchev–Trinajstić information content (AvgIpc) is 2.70. The molecule has 2 rings (SSSR count). The Kier molecular flexibility index (Phi) is 8.36. The van der Waals surface area contributed by atoms with Crippen LogP contribution in [0.2, 0.25) is 0 Å². The number of carbonyl (C=O) groups is 2. The van der Waals surface area contributed by atoms with Crippen molar-refractivity contribution in [1.82, 2.24) is 10.6 Å². The topological polar surface area (TPSA) is 123 Å². The Bertz CT molecular complexity index is 896. The second-order valence-corrected chi connectivity index (χ2v) is 7.88. The second kappa shape index (κ2) is 11.0. The van der Waals surface area contributed by atoms with Crippen LogP contribution in [-0.2, 0) is 16.0 Å². The molecule has 0 fully saturated rings. The summed E-state index contributed by atoms with van der Waals surface area (Å²) in [5, 5.41) is 19.4. The van der Waals surface area contributed by atoms with E-state index in [2.05, 4.69) is 16.0 Å². The van der Waals surface area contributed by atoms with Crippen LogP contribution in [0.15, 0.2) is 54.6 Å². The minimum atomic E-state index is -0.830. The third kappa shape index (κ3) is 8.33. The van der Waals surface area contributed by atoms with Gasteiger partial charge in [0.15, 0.2) is 0 Å². The number of amides is 2. The summed E-state index contributed by atoms with van der Waals surface area (Å²) in [6.45, 7) is 5.72. The van der Waals surface area contributed by atoms with E-state index in [9.17, 15) is 19.7 Å². The number of rotatable bonds is 9. The van der Waals surface area contributed by atoms with E-state index in [1.54, 1.807) is 39.0 Å². The van der Waals surface area contributed by atoms with Gasteiger partial charge in [0.25, 0.3) is 5.69 Å². The number of nitrogens with zero attached hydrogens (tertiary/aromatic N) is 1. The molecule has 9 heteroatoms. The van der Waals surface area contributed by atoms with Crippen molar-refractivity contribution in [2.75, 3.05) is 18.4 Å². The van der Waals surface area contributed by atoms with Crippen LogP contribution in [0, 0.1) is 10.1 Å². The summed E-state index contributed by atoms with van der Waals surface area (Å²) in [7, 11) is 0. The highest BCUT2D eigenvalue weighted by molar-refractivity contribution is 5.86. The number of ether oxygens (including phenoxy) is 1. The molecule has 0 spiro atoms. The van der Waals surface area contributed by atoms with Crippen molar-refractivity contribution in [3.05, 3.63) is 70.3 Å². The van der Waals surface area contributed by atoms with Gasteiger partial charge in [0.05, 0.1) is 4.92 Å². The monoisotopic (exact) mass is 428 g/mol. The van der Waals surface area contributed by atoms with E-state index in [4.69, 9.17) is 4.74 Å². The summed E-state index contributed by atoms with van der Waals surface area (Å²) in [5.74, 6) is -0.376. The highest BCUT2D eigenvalue weighted by Crippen LogP contribution is 2.22. The molecule has 0 aliphatic rings. The zero-order valence-corrected chi connectivity index (χ0v) is 17.9. The normalized spacial score (nSPS) is 11.8. The van der Waals surface area contributed by atoms with E-state index in [0.29, 0.717) is 12.1 Å². The number of para-hydroxylation sites is 2. The fraction of sp³-hybridized carbons (Fsp3) is 0.364. The number of benzene rings is 2. The predicted molar refractivity (Wildman–Crippen MR) is 118 cm³/mol. The lowest BCUT2D eigenvalue weighted by Crippen LogP contribution is -2.50. The lowest BCUT2D eigenvalue weighted by Gasteiger charge is -2.23. The summed E-state index contributed by atoms with van der Waals surface area (Å²) in [5.41, 5.74) is 0.528. The molecule has 2 amide bonds. The molecule has 0 aromatic heterocycles. The molecule has 0 saturated carbocycles. The predicted octanol–water partition coefficient (Wildman–Crippen LogP) is 3.26. The first-order valence-electron chi connectivity index (χ1n) is 9.94. The molecule has 0 aliphatic heterocycles. The van der Waals surface area contributed by atoms with Crippen LogP contribution in [0.4, 0.5) is 16.2 Å². The molecule has 9 nitrogen and oxygen atoms in total. The third-order valence-corrected chi connectivity index (χ3v) is 4.13. The van der Waals surface area contributed by atoms with Crippen molar-refractivity contribution >= 4 is 23.4 Å². The molecule has 0 heterocycles. The van der Waals surface area contributed by atoms with Crippen molar-refractivity contribution in [3.63, 3.8) is 0 Å². The van der Waals surface area contributed by atoms with Crippen LogP contribution in [0.1, 0.15) is 26.3 Å². The molecule has 2 aromatic rings. The first kappa shape index (κ1) is 23.7. The maximum absolute atomic E-state index is 12.7. The summed E-state index contributed by atoms with van der Waals surface area (Å²) in [4.78, 5) is 35.5. The Morgan fingerprint density at radius 1 is 1.03 bits per heavy atom. The van der Waals surface area contributed by atoms with Gasteiger partial charge in [-0.1, -0.05) is 42.5 Å². The van der Waals surface area contributed by atoms with E-state index in [-0.39, 0.29) is 24.7 Å². The molecular weight excluding hydrogens is 400 g/mol. The van der Waals surface area contributed by atoms with Gasteiger partial charge in [-0.15, -0.1) is 0 Å². The lowest BCUT2D eigenvalue weighted by molar-refractivity contribution is -0.384. The largest absolute Gasteiger partial charge is 0.444 e. The summed E-state index contributed by atoms with van der Waals surface area (Å²) >= 11 is 0. The van der Waals surface area contributed by atoms with Gasteiger partial charge in [-0.05, 0) is 32.4 Å². The summed E-state index contributed by atoms with van der Waals surface area (Å²) in [6.07, 6.45) is -0.384. The second-order valence-electron chi connectivity index (χ2n) is 7.88. The Morgan fingerprint density at radius 2 is 1.68 bits per heavy atom. The minimum Gasteiger partial charge on any atom is -0.444 e. The quantitative estimate of drug-likeness (QED) is 0.320. The molecule has 0 bridgehead atoms. The van der Waals surface area contributed by atoms with E-state index in [0.717, 1.165) is 5.56 Å². The molecule has 0 aliphatic carbocycles. The number of nitro benzene ring substituents is 1. The van der Waals surface area contributed by atoms with Crippen LogP contribution < -0.4 is 16.0 Å². The Hall–Kier alpha value is -3.62. The molecule has 2 aromatic carbocycles. The van der Waals surface area contributed by atoms with Crippen LogP contribution >= 0.6 is 0 Å². The average molecular weight is 428 g/mol. The standard InChI is InChI=1S/C22H28N4O5/c1-22(2,3)31-21(28)25-18(15-16-9-5-4-6-10-16)20(27)24-14-13-23-17-11-7-8-12-19(17)26(29)30/h4-12,18,23H,13-15H2,1-3H3,(H,24,27)(H,25,28). The van der Waals surface area contributed by atoms with Crippen molar-refractivity contribution in [3.8, 4) is 0 Å². The zero-order valence-electron chi connectivity index (χ0n) is 17.9. The number of nitro groups is 1. The van der Waals surface area contributed by atoms with Crippen LogP contribution in [-0.4, -0.2) is 41.7 Å². The van der Waals surface area contributed by atoms with Gasteiger partial charge in [-0.2, -0.15) is 0 Å². The Labute approximate surface area is 181 Å². The Balaban J connectivity index is 1.95. The maximum Gasteiger partial charge on any atom is 0.408 e. The molecule has 3 N–H and O–H groups in total. The number of hydrogen-bond donors (Lipinski definition) is 3. The molecule has 1 atom stereocenters. The van der Waals surface area contributed by atoms with Crippen LogP contribution in [0.25, 0.3) is 0 Å². The van der Waals surface area contributed by atoms with E-state index < -0.39 is 22.7 Å². The van der Waals surface area contributed by atoms with E-state index >= 15 is 0 Å². The molecule has 1 unspecified atom stereocenters. The first-order valence-corrected chi connectivity index (χ1v) is 9.94. The number of hydrogen-bond acceptors (Lipinski definition) is 6. The zero-order chi connectivity index (χ0) is 22.9. The smallest absolute Gasteiger partial charge is 0.408 e. The molecule has 0 saturated heterocycles. The van der Waals surface area contributed by atoms with E-state index in [1.165, 1.54) is 6.07 Å². The molecule has 31 heavy (non-hydrogen) atoms. The summed E-state index contributed by atoms with van der Waals surface area (Å²) in [6, 6.07) is 14.8. The lowest BCUT2D eigenvalue weighted by atomic mass is 10.1. The molecular formula is C22H28N4O5. The molecule has 0 radical (unpaired) electrons. The van der Waals surface area contributed by atoms with Gasteiger partial charge in [0.2, 0.25) is 5.91 Å². The van der Waals surface area contributed by atoms with Crippen LogP contribution in [0.5, 0.6) is 0 Å². The van der Waals surface area contributed by atoms with Gasteiger partial charge in [-0.25, -0.2) is 4.79 Å². The van der Waals surface area contributed by atoms with Crippen molar-refractivity contribution in [1.29, 1.82) is 0 Å². The van der Waals surface area contributed by atoms with Crippen molar-refractivity contribution < 1.29 is 19.2 Å².